The molecule has 2 aromatic rings. The number of nitrogens with zero attached hydrogens (tertiary/aromatic N) is 2. The Labute approximate surface area is 120 Å². The molecule has 0 spiro atoms. The van der Waals surface area contributed by atoms with Gasteiger partial charge in [0.2, 0.25) is 0 Å². The molecule has 0 unspecified atom stereocenters. The van der Waals surface area contributed by atoms with Gasteiger partial charge >= 0.3 is 0 Å². The molecule has 0 aliphatic heterocycles. The normalized spacial score (nSPS) is 10.4. The van der Waals surface area contributed by atoms with Gasteiger partial charge in [-0.2, -0.15) is 0 Å². The van der Waals surface area contributed by atoms with Crippen molar-refractivity contribution in [1.29, 1.82) is 0 Å². The molecule has 20 heavy (non-hydrogen) atoms. The summed E-state index contributed by atoms with van der Waals surface area (Å²) in [5.41, 5.74) is 3.61. The lowest BCUT2D eigenvalue weighted by atomic mass is 10.1. The Morgan fingerprint density at radius 1 is 1.10 bits per heavy atom. The van der Waals surface area contributed by atoms with Gasteiger partial charge in [0, 0.05) is 25.2 Å². The van der Waals surface area contributed by atoms with E-state index in [1.165, 1.54) is 11.1 Å². The molecule has 1 aromatic carbocycles. The lowest BCUT2D eigenvalue weighted by molar-refractivity contribution is 0.838. The van der Waals surface area contributed by atoms with E-state index < -0.39 is 0 Å². The Hall–Kier alpha value is -2.10. The van der Waals surface area contributed by atoms with E-state index in [0.717, 1.165) is 36.0 Å². The standard InChI is InChI=1S/C16H22N4/c1-5-7-14-19-15(17-4)10-16(20-14)18-13-9-6-8-11(2)12(13)3/h6,8-10H,5,7H2,1-4H3,(H2,17,18,19,20). The molecule has 0 amide bonds. The highest BCUT2D eigenvalue weighted by Gasteiger charge is 2.06. The van der Waals surface area contributed by atoms with E-state index in [-0.39, 0.29) is 0 Å². The zero-order valence-corrected chi connectivity index (χ0v) is 12.6. The first-order chi connectivity index (χ1) is 9.63. The number of rotatable bonds is 5. The van der Waals surface area contributed by atoms with Crippen LogP contribution >= 0.6 is 0 Å². The van der Waals surface area contributed by atoms with Gasteiger partial charge in [0.25, 0.3) is 0 Å². The average Bonchev–Trinajstić information content (AvgIpc) is 2.44. The summed E-state index contributed by atoms with van der Waals surface area (Å²) in [5.74, 6) is 2.55. The zero-order chi connectivity index (χ0) is 14.5. The van der Waals surface area contributed by atoms with E-state index in [1.54, 1.807) is 0 Å². The summed E-state index contributed by atoms with van der Waals surface area (Å²) < 4.78 is 0. The Morgan fingerprint density at radius 3 is 2.55 bits per heavy atom. The Morgan fingerprint density at radius 2 is 1.85 bits per heavy atom. The summed E-state index contributed by atoms with van der Waals surface area (Å²) in [7, 11) is 1.87. The molecule has 0 atom stereocenters. The summed E-state index contributed by atoms with van der Waals surface area (Å²) in [6, 6.07) is 8.17. The number of nitrogens with one attached hydrogen (secondary N) is 2. The maximum atomic E-state index is 4.57. The van der Waals surface area contributed by atoms with Crippen LogP contribution in [0.5, 0.6) is 0 Å². The highest BCUT2D eigenvalue weighted by Crippen LogP contribution is 2.23. The molecular weight excluding hydrogens is 248 g/mol. The van der Waals surface area contributed by atoms with Gasteiger partial charge in [0.15, 0.2) is 0 Å². The van der Waals surface area contributed by atoms with Crippen LogP contribution < -0.4 is 10.6 Å². The van der Waals surface area contributed by atoms with Crippen molar-refractivity contribution >= 4 is 17.3 Å². The monoisotopic (exact) mass is 270 g/mol. The zero-order valence-electron chi connectivity index (χ0n) is 12.6. The number of hydrogen-bond acceptors (Lipinski definition) is 4. The second kappa shape index (κ2) is 6.37. The summed E-state index contributed by atoms with van der Waals surface area (Å²) >= 11 is 0. The molecule has 4 heteroatoms. The Kier molecular flexibility index (Phi) is 4.56. The lowest BCUT2D eigenvalue weighted by Crippen LogP contribution is -2.04. The lowest BCUT2D eigenvalue weighted by Gasteiger charge is -2.12. The molecule has 1 heterocycles. The molecule has 0 bridgehead atoms. The van der Waals surface area contributed by atoms with Crippen LogP contribution in [-0.2, 0) is 6.42 Å². The van der Waals surface area contributed by atoms with Gasteiger partial charge < -0.3 is 10.6 Å². The van der Waals surface area contributed by atoms with Crippen molar-refractivity contribution in [3.05, 3.63) is 41.2 Å². The van der Waals surface area contributed by atoms with Gasteiger partial charge in [0.05, 0.1) is 0 Å². The molecule has 0 aliphatic rings. The fourth-order valence-electron chi connectivity index (χ4n) is 2.05. The van der Waals surface area contributed by atoms with Crippen LogP contribution in [0.3, 0.4) is 0 Å². The average molecular weight is 270 g/mol. The SMILES string of the molecule is CCCc1nc(NC)cc(Nc2cccc(C)c2C)n1. The highest BCUT2D eigenvalue weighted by atomic mass is 15.1. The molecule has 4 nitrogen and oxygen atoms in total. The third kappa shape index (κ3) is 3.26. The van der Waals surface area contributed by atoms with Crippen molar-refractivity contribution in [2.45, 2.75) is 33.6 Å². The smallest absolute Gasteiger partial charge is 0.136 e. The first-order valence-electron chi connectivity index (χ1n) is 7.03. The summed E-state index contributed by atoms with van der Waals surface area (Å²) in [4.78, 5) is 9.04. The maximum absolute atomic E-state index is 4.57. The molecule has 1 aromatic heterocycles. The van der Waals surface area contributed by atoms with E-state index in [0.29, 0.717) is 0 Å². The van der Waals surface area contributed by atoms with Crippen LogP contribution in [-0.4, -0.2) is 17.0 Å². The minimum atomic E-state index is 0.835. The van der Waals surface area contributed by atoms with E-state index in [9.17, 15) is 0 Å². The number of hydrogen-bond donors (Lipinski definition) is 2. The second-order valence-corrected chi connectivity index (χ2v) is 4.93. The molecule has 0 saturated heterocycles. The summed E-state index contributed by atoms with van der Waals surface area (Å²) in [6.07, 6.45) is 1.92. The van der Waals surface area contributed by atoms with Gasteiger partial charge in [-0.15, -0.1) is 0 Å². The second-order valence-electron chi connectivity index (χ2n) is 4.93. The number of aromatic nitrogens is 2. The highest BCUT2D eigenvalue weighted by molar-refractivity contribution is 5.63. The molecule has 0 saturated carbocycles. The number of aryl methyl sites for hydroxylation is 2. The Bertz CT molecular complexity index is 593. The van der Waals surface area contributed by atoms with Gasteiger partial charge in [-0.05, 0) is 37.5 Å². The molecule has 0 aliphatic carbocycles. The van der Waals surface area contributed by atoms with Crippen LogP contribution in [0, 0.1) is 13.8 Å². The van der Waals surface area contributed by atoms with Crippen molar-refractivity contribution in [3.8, 4) is 0 Å². The van der Waals surface area contributed by atoms with E-state index in [2.05, 4.69) is 59.6 Å². The molecule has 2 rings (SSSR count). The fourth-order valence-corrected chi connectivity index (χ4v) is 2.05. The van der Waals surface area contributed by atoms with Crippen molar-refractivity contribution in [1.82, 2.24) is 9.97 Å². The minimum absolute atomic E-state index is 0.835. The molecular formula is C16H22N4. The maximum Gasteiger partial charge on any atom is 0.136 e. The van der Waals surface area contributed by atoms with Crippen LogP contribution in [0.4, 0.5) is 17.3 Å². The predicted octanol–water partition coefficient (Wildman–Crippen LogP) is 3.83. The third-order valence-corrected chi connectivity index (χ3v) is 3.37. The largest absolute Gasteiger partial charge is 0.373 e. The van der Waals surface area contributed by atoms with Crippen molar-refractivity contribution in [2.24, 2.45) is 0 Å². The molecule has 2 N–H and O–H groups in total. The van der Waals surface area contributed by atoms with E-state index in [4.69, 9.17) is 0 Å². The van der Waals surface area contributed by atoms with Gasteiger partial charge in [-0.1, -0.05) is 19.1 Å². The number of benzene rings is 1. The Balaban J connectivity index is 2.32. The first-order valence-corrected chi connectivity index (χ1v) is 7.03. The van der Waals surface area contributed by atoms with Gasteiger partial charge in [0.1, 0.15) is 17.5 Å². The fraction of sp³-hybridized carbons (Fsp3) is 0.375. The molecule has 0 radical (unpaired) electrons. The van der Waals surface area contributed by atoms with E-state index >= 15 is 0 Å². The quantitative estimate of drug-likeness (QED) is 0.867. The third-order valence-electron chi connectivity index (χ3n) is 3.37. The van der Waals surface area contributed by atoms with Crippen LogP contribution in [0.15, 0.2) is 24.3 Å². The van der Waals surface area contributed by atoms with E-state index in [1.807, 2.05) is 13.1 Å². The summed E-state index contributed by atoms with van der Waals surface area (Å²) in [5, 5.41) is 6.48. The topological polar surface area (TPSA) is 49.8 Å². The first kappa shape index (κ1) is 14.3. The van der Waals surface area contributed by atoms with Gasteiger partial charge in [-0.25, -0.2) is 9.97 Å². The van der Waals surface area contributed by atoms with Crippen LogP contribution in [0.1, 0.15) is 30.3 Å². The van der Waals surface area contributed by atoms with Crippen molar-refractivity contribution < 1.29 is 0 Å². The minimum Gasteiger partial charge on any atom is -0.373 e. The number of anilines is 3. The molecule has 106 valence electrons. The van der Waals surface area contributed by atoms with Crippen molar-refractivity contribution in [2.75, 3.05) is 17.7 Å². The summed E-state index contributed by atoms with van der Waals surface area (Å²) in [6.45, 7) is 6.36. The van der Waals surface area contributed by atoms with Gasteiger partial charge in [-0.3, -0.25) is 0 Å². The molecule has 0 fully saturated rings. The van der Waals surface area contributed by atoms with Crippen LogP contribution in [0.2, 0.25) is 0 Å². The van der Waals surface area contributed by atoms with Crippen molar-refractivity contribution in [3.63, 3.8) is 0 Å². The van der Waals surface area contributed by atoms with Crippen LogP contribution in [0.25, 0.3) is 0 Å². The predicted molar refractivity (Wildman–Crippen MR) is 84.8 cm³/mol.